The minimum absolute atomic E-state index is 0.0272. The molecule has 0 aliphatic heterocycles. The second kappa shape index (κ2) is 8.82. The average Bonchev–Trinajstić information content (AvgIpc) is 3.45. The van der Waals surface area contributed by atoms with Crippen molar-refractivity contribution in [2.45, 2.75) is 26.9 Å². The summed E-state index contributed by atoms with van der Waals surface area (Å²) in [5.41, 5.74) is 2.08. The molecule has 0 bridgehead atoms. The molecule has 0 fully saturated rings. The SMILES string of the molecule is Cc1onc(C(=O)Nc2cnn(Cc3ccc(F)cc3Cl)c2)c1Cn1nc([N+](=O)[O-])cc1C. The molecule has 1 aromatic carbocycles. The quantitative estimate of drug-likeness (QED) is 0.319. The number of hydrogen-bond acceptors (Lipinski definition) is 7. The van der Waals surface area contributed by atoms with Crippen molar-refractivity contribution in [3.8, 4) is 0 Å². The lowest BCUT2D eigenvalue weighted by atomic mass is 10.2. The van der Waals surface area contributed by atoms with Gasteiger partial charge < -0.3 is 20.0 Å². The van der Waals surface area contributed by atoms with Crippen LogP contribution in [0.2, 0.25) is 5.02 Å². The Morgan fingerprint density at radius 1 is 1.30 bits per heavy atom. The molecule has 0 spiro atoms. The third-order valence-corrected chi connectivity index (χ3v) is 5.25. The van der Waals surface area contributed by atoms with E-state index in [2.05, 4.69) is 20.7 Å². The number of benzene rings is 1. The summed E-state index contributed by atoms with van der Waals surface area (Å²) in [5, 5.41) is 25.9. The van der Waals surface area contributed by atoms with Crippen molar-refractivity contribution in [2.24, 2.45) is 0 Å². The Labute approximate surface area is 190 Å². The zero-order chi connectivity index (χ0) is 23.7. The maximum absolute atomic E-state index is 13.2. The van der Waals surface area contributed by atoms with Gasteiger partial charge in [0.15, 0.2) is 5.69 Å². The molecule has 13 heteroatoms. The van der Waals surface area contributed by atoms with Crippen molar-refractivity contribution in [1.82, 2.24) is 24.7 Å². The highest BCUT2D eigenvalue weighted by atomic mass is 35.5. The van der Waals surface area contributed by atoms with Gasteiger partial charge in [0, 0.05) is 11.2 Å². The van der Waals surface area contributed by atoms with Gasteiger partial charge in [0.1, 0.15) is 11.6 Å². The Bertz CT molecular complexity index is 1360. The maximum atomic E-state index is 13.2. The standard InChI is InChI=1S/C20H17ClFN7O4/c1-11-5-18(29(31)32)25-28(11)10-16-12(2)33-26-19(16)20(30)24-15-7-23-27(9-15)8-13-3-4-14(22)6-17(13)21/h3-7,9H,8,10H2,1-2H3,(H,24,30). The molecule has 0 unspecified atom stereocenters. The van der Waals surface area contributed by atoms with Crippen LogP contribution in [0.1, 0.15) is 33.1 Å². The first kappa shape index (κ1) is 22.1. The van der Waals surface area contributed by atoms with Crippen LogP contribution in [0.3, 0.4) is 0 Å². The molecule has 11 nitrogen and oxygen atoms in total. The van der Waals surface area contributed by atoms with Crippen LogP contribution < -0.4 is 5.32 Å². The van der Waals surface area contributed by atoms with Crippen molar-refractivity contribution < 1.29 is 18.6 Å². The number of hydrogen-bond donors (Lipinski definition) is 1. The summed E-state index contributed by atoms with van der Waals surface area (Å²) in [5.74, 6) is -0.878. The van der Waals surface area contributed by atoms with Crippen LogP contribution in [0.25, 0.3) is 0 Å². The lowest BCUT2D eigenvalue weighted by Crippen LogP contribution is -2.16. The fourth-order valence-corrected chi connectivity index (χ4v) is 3.40. The van der Waals surface area contributed by atoms with Crippen molar-refractivity contribution in [3.05, 3.63) is 85.9 Å². The van der Waals surface area contributed by atoms with E-state index in [9.17, 15) is 19.3 Å². The highest BCUT2D eigenvalue weighted by Gasteiger charge is 2.24. The molecule has 0 aliphatic rings. The van der Waals surface area contributed by atoms with Crippen LogP contribution in [-0.2, 0) is 13.1 Å². The average molecular weight is 474 g/mol. The summed E-state index contributed by atoms with van der Waals surface area (Å²) in [6.45, 7) is 3.65. The predicted octanol–water partition coefficient (Wildman–Crippen LogP) is 3.73. The third-order valence-electron chi connectivity index (χ3n) is 4.90. The van der Waals surface area contributed by atoms with E-state index in [-0.39, 0.29) is 29.6 Å². The van der Waals surface area contributed by atoms with Crippen LogP contribution in [0.15, 0.2) is 41.2 Å². The van der Waals surface area contributed by atoms with Gasteiger partial charge in [-0.3, -0.25) is 9.48 Å². The molecule has 4 aromatic rings. The van der Waals surface area contributed by atoms with Crippen molar-refractivity contribution in [3.63, 3.8) is 0 Å². The third kappa shape index (κ3) is 4.75. The summed E-state index contributed by atoms with van der Waals surface area (Å²) in [7, 11) is 0. The van der Waals surface area contributed by atoms with E-state index in [1.165, 1.54) is 33.8 Å². The summed E-state index contributed by atoms with van der Waals surface area (Å²) < 4.78 is 21.3. The zero-order valence-corrected chi connectivity index (χ0v) is 18.2. The number of rotatable bonds is 7. The summed E-state index contributed by atoms with van der Waals surface area (Å²) in [6.07, 6.45) is 3.04. The minimum Gasteiger partial charge on any atom is -0.361 e. The van der Waals surface area contributed by atoms with E-state index in [1.807, 2.05) is 0 Å². The molecular formula is C20H17ClFN7O4. The molecule has 4 rings (SSSR count). The molecule has 1 N–H and O–H groups in total. The van der Waals surface area contributed by atoms with Crippen LogP contribution in [0.4, 0.5) is 15.9 Å². The molecule has 0 atom stereocenters. The van der Waals surface area contributed by atoms with Crippen LogP contribution in [-0.4, -0.2) is 35.5 Å². The normalized spacial score (nSPS) is 11.0. The van der Waals surface area contributed by atoms with Gasteiger partial charge in [-0.2, -0.15) is 9.78 Å². The highest BCUT2D eigenvalue weighted by molar-refractivity contribution is 6.31. The van der Waals surface area contributed by atoms with Gasteiger partial charge in [0.2, 0.25) is 0 Å². The fourth-order valence-electron chi connectivity index (χ4n) is 3.18. The van der Waals surface area contributed by atoms with Gasteiger partial charge in [-0.15, -0.1) is 0 Å². The van der Waals surface area contributed by atoms with Crippen molar-refractivity contribution in [1.29, 1.82) is 0 Å². The molecule has 0 radical (unpaired) electrons. The number of carbonyl (C=O) groups excluding carboxylic acids is 1. The van der Waals surface area contributed by atoms with E-state index in [0.717, 1.165) is 0 Å². The largest absolute Gasteiger partial charge is 0.390 e. The lowest BCUT2D eigenvalue weighted by molar-refractivity contribution is -0.389. The first-order valence-electron chi connectivity index (χ1n) is 9.63. The van der Waals surface area contributed by atoms with Gasteiger partial charge in [-0.1, -0.05) is 22.8 Å². The topological polar surface area (TPSA) is 134 Å². The lowest BCUT2D eigenvalue weighted by Gasteiger charge is -2.05. The number of aryl methyl sites for hydroxylation is 2. The van der Waals surface area contributed by atoms with E-state index >= 15 is 0 Å². The smallest absolute Gasteiger partial charge is 0.361 e. The Kier molecular flexibility index (Phi) is 5.92. The number of halogens is 2. The number of nitrogens with one attached hydrogen (secondary N) is 1. The van der Waals surface area contributed by atoms with E-state index in [0.29, 0.717) is 28.3 Å². The van der Waals surface area contributed by atoms with Gasteiger partial charge in [-0.05, 0) is 36.5 Å². The molecule has 0 saturated heterocycles. The number of nitro groups is 1. The first-order valence-corrected chi connectivity index (χ1v) is 10.0. The molecule has 170 valence electrons. The summed E-state index contributed by atoms with van der Waals surface area (Å²) in [4.78, 5) is 23.2. The second-order valence-corrected chi connectivity index (χ2v) is 7.65. The zero-order valence-electron chi connectivity index (χ0n) is 17.5. The number of nitrogens with zero attached hydrogens (tertiary/aromatic N) is 6. The second-order valence-electron chi connectivity index (χ2n) is 7.24. The van der Waals surface area contributed by atoms with E-state index in [4.69, 9.17) is 16.1 Å². The number of amides is 1. The fraction of sp³-hybridized carbons (Fsp3) is 0.200. The van der Waals surface area contributed by atoms with Gasteiger partial charge in [-0.25, -0.2) is 4.39 Å². The van der Waals surface area contributed by atoms with E-state index < -0.39 is 16.6 Å². The number of carbonyl (C=O) groups is 1. The Balaban J connectivity index is 1.49. The Morgan fingerprint density at radius 2 is 2.09 bits per heavy atom. The molecule has 33 heavy (non-hydrogen) atoms. The molecule has 0 aliphatic carbocycles. The summed E-state index contributed by atoms with van der Waals surface area (Å²) >= 11 is 6.05. The molecule has 1 amide bonds. The Morgan fingerprint density at radius 3 is 2.79 bits per heavy atom. The van der Waals surface area contributed by atoms with Crippen LogP contribution >= 0.6 is 11.6 Å². The maximum Gasteiger partial charge on any atom is 0.390 e. The number of aromatic nitrogens is 5. The highest BCUT2D eigenvalue weighted by Crippen LogP contribution is 2.21. The van der Waals surface area contributed by atoms with Crippen molar-refractivity contribution >= 4 is 29.0 Å². The van der Waals surface area contributed by atoms with Gasteiger partial charge >= 0.3 is 5.82 Å². The predicted molar refractivity (Wildman–Crippen MR) is 115 cm³/mol. The summed E-state index contributed by atoms with van der Waals surface area (Å²) in [6, 6.07) is 5.42. The molecular weight excluding hydrogens is 457 g/mol. The van der Waals surface area contributed by atoms with Gasteiger partial charge in [0.25, 0.3) is 5.91 Å². The van der Waals surface area contributed by atoms with E-state index in [1.54, 1.807) is 26.1 Å². The number of anilines is 1. The van der Waals surface area contributed by atoms with Crippen LogP contribution in [0.5, 0.6) is 0 Å². The molecule has 0 saturated carbocycles. The molecule has 3 heterocycles. The monoisotopic (exact) mass is 473 g/mol. The van der Waals surface area contributed by atoms with Gasteiger partial charge in [0.05, 0.1) is 47.4 Å². The minimum atomic E-state index is -0.589. The van der Waals surface area contributed by atoms with Crippen molar-refractivity contribution in [2.75, 3.05) is 5.32 Å². The molecule has 3 aromatic heterocycles. The Hall–Kier alpha value is -4.06. The van der Waals surface area contributed by atoms with Crippen LogP contribution in [0, 0.1) is 29.8 Å². The first-order chi connectivity index (χ1) is 15.7.